The Morgan fingerprint density at radius 3 is 0.802 bits per heavy atom. The van der Waals surface area contributed by atoms with Crippen molar-refractivity contribution < 1.29 is 4.42 Å². The van der Waals surface area contributed by atoms with Crippen molar-refractivity contribution in [1.29, 1.82) is 0 Å². The number of anilines is 9. The van der Waals surface area contributed by atoms with Crippen LogP contribution in [0, 0.1) is 0 Å². The van der Waals surface area contributed by atoms with Crippen LogP contribution in [-0.2, 0) is 0 Å². The molecule has 0 radical (unpaired) electrons. The Balaban J connectivity index is 0.645. The lowest BCUT2D eigenvalue weighted by atomic mass is 9.89. The Morgan fingerprint density at radius 1 is 0.188 bits per heavy atom. The van der Waals surface area contributed by atoms with Gasteiger partial charge in [-0.25, -0.2) is 0 Å². The summed E-state index contributed by atoms with van der Waals surface area (Å²) in [7, 11) is 0. The molecule has 0 bridgehead atoms. The predicted molar refractivity (Wildman–Crippen MR) is 400 cm³/mol. The Hall–Kier alpha value is -12.5. The van der Waals surface area contributed by atoms with E-state index in [9.17, 15) is 0 Å². The second-order valence-corrected chi connectivity index (χ2v) is 25.1. The molecule has 16 aromatic rings. The highest BCUT2D eigenvalue weighted by Gasteiger charge is 2.31. The van der Waals surface area contributed by atoms with Crippen LogP contribution in [0.4, 0.5) is 51.2 Å². The molecule has 15 aromatic carbocycles. The number of fused-ring (bicyclic) bond motifs is 9. The van der Waals surface area contributed by atoms with Crippen LogP contribution < -0.4 is 14.7 Å². The summed E-state index contributed by atoms with van der Waals surface area (Å²) in [5, 5.41) is 2.24. The molecule has 0 saturated carbocycles. The van der Waals surface area contributed by atoms with E-state index in [1.54, 1.807) is 0 Å². The maximum atomic E-state index is 6.53. The fourth-order valence-corrected chi connectivity index (χ4v) is 15.1. The smallest absolute Gasteiger partial charge is 0.143 e. The van der Waals surface area contributed by atoms with E-state index in [4.69, 9.17) is 4.42 Å². The van der Waals surface area contributed by atoms with Gasteiger partial charge in [0, 0.05) is 79.4 Å². The Bertz CT molecular complexity index is 5130. The normalized spacial score (nSPS) is 12.3. The molecule has 96 heavy (non-hydrogen) atoms. The average Bonchev–Trinajstić information content (AvgIpc) is 1.69. The standard InChI is InChI=1S/C92H63N3O/c1-3-18-69(19-4-1)93(76-58-44-67(45-59-76)90-84-27-11-7-22-79(84)80-23-8-12-28-85(80)90)71-48-34-62(35-49-71)64-38-52-73(53-39-64)95(75-56-42-66(43-57-75)78-31-17-32-88-83-26-15-16-33-89(83)96-92(78)88)74-54-40-65(41-55-74)63-36-50-72(51-37-63)94(70-20-5-2-6-21-70)77-60-46-68(47-61-77)91-86-29-13-9-24-81(86)82-25-10-14-30-87(82)91/h1-61,90-91H. The van der Waals surface area contributed by atoms with Gasteiger partial charge in [0.15, 0.2) is 0 Å². The third-order valence-corrected chi connectivity index (χ3v) is 19.7. The minimum atomic E-state index is 0.192. The molecule has 0 spiro atoms. The van der Waals surface area contributed by atoms with Crippen molar-refractivity contribution in [3.05, 3.63) is 403 Å². The third kappa shape index (κ3) is 9.94. The van der Waals surface area contributed by atoms with E-state index in [-0.39, 0.29) is 11.8 Å². The summed E-state index contributed by atoms with van der Waals surface area (Å²) >= 11 is 0. The minimum Gasteiger partial charge on any atom is -0.455 e. The molecule has 1 heterocycles. The van der Waals surface area contributed by atoms with E-state index in [0.29, 0.717) is 0 Å². The van der Waals surface area contributed by atoms with E-state index in [1.807, 2.05) is 12.1 Å². The van der Waals surface area contributed by atoms with Gasteiger partial charge in [-0.1, -0.05) is 255 Å². The molecule has 2 aliphatic rings. The molecule has 0 atom stereocenters. The van der Waals surface area contributed by atoms with Gasteiger partial charge >= 0.3 is 0 Å². The Morgan fingerprint density at radius 2 is 0.448 bits per heavy atom. The summed E-state index contributed by atoms with van der Waals surface area (Å²) in [6.07, 6.45) is 0. The van der Waals surface area contributed by atoms with Gasteiger partial charge in [-0.15, -0.1) is 0 Å². The van der Waals surface area contributed by atoms with Crippen LogP contribution in [0.3, 0.4) is 0 Å². The third-order valence-electron chi connectivity index (χ3n) is 19.7. The number of benzene rings is 15. The lowest BCUT2D eigenvalue weighted by Gasteiger charge is -2.27. The number of para-hydroxylation sites is 4. The van der Waals surface area contributed by atoms with Crippen LogP contribution in [0.2, 0.25) is 0 Å². The fraction of sp³-hybridized carbons (Fsp3) is 0.0217. The maximum Gasteiger partial charge on any atom is 0.143 e. The molecule has 452 valence electrons. The Kier molecular flexibility index (Phi) is 14.0. The maximum absolute atomic E-state index is 6.53. The van der Waals surface area contributed by atoms with Crippen molar-refractivity contribution >= 4 is 73.1 Å². The van der Waals surface area contributed by atoms with Gasteiger partial charge in [-0.3, -0.25) is 0 Å². The lowest BCUT2D eigenvalue weighted by Crippen LogP contribution is -2.10. The summed E-state index contributed by atoms with van der Waals surface area (Å²) in [6, 6.07) is 135. The first-order valence-corrected chi connectivity index (χ1v) is 33.1. The first kappa shape index (κ1) is 56.3. The largest absolute Gasteiger partial charge is 0.455 e. The van der Waals surface area contributed by atoms with Crippen LogP contribution in [0.15, 0.2) is 374 Å². The van der Waals surface area contributed by atoms with Crippen LogP contribution >= 0.6 is 0 Å². The average molecular weight is 1230 g/mol. The number of nitrogens with zero attached hydrogens (tertiary/aromatic N) is 3. The zero-order valence-corrected chi connectivity index (χ0v) is 52.6. The first-order valence-electron chi connectivity index (χ1n) is 33.1. The highest BCUT2D eigenvalue weighted by Crippen LogP contribution is 2.51. The van der Waals surface area contributed by atoms with Crippen molar-refractivity contribution in [2.45, 2.75) is 11.8 Å². The summed E-state index contributed by atoms with van der Waals surface area (Å²) in [5.41, 5.74) is 31.6. The van der Waals surface area contributed by atoms with E-state index < -0.39 is 0 Å². The van der Waals surface area contributed by atoms with Crippen molar-refractivity contribution in [3.63, 3.8) is 0 Å². The van der Waals surface area contributed by atoms with Gasteiger partial charge in [0.1, 0.15) is 11.2 Å². The zero-order valence-electron chi connectivity index (χ0n) is 52.6. The van der Waals surface area contributed by atoms with E-state index in [0.717, 1.165) is 107 Å². The predicted octanol–water partition coefficient (Wildman–Crippen LogP) is 25.3. The van der Waals surface area contributed by atoms with E-state index >= 15 is 0 Å². The van der Waals surface area contributed by atoms with Crippen LogP contribution in [-0.4, -0.2) is 0 Å². The summed E-state index contributed by atoms with van der Waals surface area (Å²) in [5.74, 6) is 0.383. The van der Waals surface area contributed by atoms with Gasteiger partial charge < -0.3 is 19.1 Å². The van der Waals surface area contributed by atoms with E-state index in [1.165, 1.54) is 55.6 Å². The number of furan rings is 1. The van der Waals surface area contributed by atoms with Crippen molar-refractivity contribution in [2.75, 3.05) is 14.7 Å². The lowest BCUT2D eigenvalue weighted by molar-refractivity contribution is 0.670. The van der Waals surface area contributed by atoms with Crippen LogP contribution in [0.5, 0.6) is 0 Å². The van der Waals surface area contributed by atoms with Crippen LogP contribution in [0.1, 0.15) is 45.2 Å². The Labute approximate surface area is 559 Å². The fourth-order valence-electron chi connectivity index (χ4n) is 15.1. The quantitative estimate of drug-likeness (QED) is 0.108. The van der Waals surface area contributed by atoms with Crippen LogP contribution in [0.25, 0.3) is 77.6 Å². The summed E-state index contributed by atoms with van der Waals surface area (Å²) in [6.45, 7) is 0. The molecular weight excluding hydrogens is 1160 g/mol. The molecule has 0 aliphatic heterocycles. The van der Waals surface area contributed by atoms with Crippen molar-refractivity contribution in [1.82, 2.24) is 0 Å². The highest BCUT2D eigenvalue weighted by atomic mass is 16.3. The van der Waals surface area contributed by atoms with E-state index in [2.05, 4.69) is 373 Å². The number of hydrogen-bond acceptors (Lipinski definition) is 4. The van der Waals surface area contributed by atoms with Gasteiger partial charge in [0.05, 0.1) is 0 Å². The van der Waals surface area contributed by atoms with Crippen molar-refractivity contribution in [2.24, 2.45) is 0 Å². The molecule has 0 saturated heterocycles. The molecule has 0 fully saturated rings. The summed E-state index contributed by atoms with van der Waals surface area (Å²) < 4.78 is 6.53. The molecule has 4 nitrogen and oxygen atoms in total. The minimum absolute atomic E-state index is 0.192. The number of rotatable bonds is 14. The summed E-state index contributed by atoms with van der Waals surface area (Å²) in [4.78, 5) is 7.05. The number of hydrogen-bond donors (Lipinski definition) is 0. The molecule has 1 aromatic heterocycles. The van der Waals surface area contributed by atoms with Gasteiger partial charge in [0.25, 0.3) is 0 Å². The topological polar surface area (TPSA) is 22.9 Å². The highest BCUT2D eigenvalue weighted by molar-refractivity contribution is 6.09. The zero-order chi connectivity index (χ0) is 63.5. The van der Waals surface area contributed by atoms with Gasteiger partial charge in [-0.2, -0.15) is 0 Å². The van der Waals surface area contributed by atoms with Gasteiger partial charge in [-0.05, 0) is 199 Å². The monoisotopic (exact) mass is 1230 g/mol. The molecule has 4 heteroatoms. The molecule has 18 rings (SSSR count). The van der Waals surface area contributed by atoms with Gasteiger partial charge in [0.2, 0.25) is 0 Å². The molecular formula is C92H63N3O. The second kappa shape index (κ2) is 23.9. The van der Waals surface area contributed by atoms with Crippen molar-refractivity contribution in [3.8, 4) is 55.6 Å². The molecule has 0 unspecified atom stereocenters. The first-order chi connectivity index (χ1) is 47.6. The molecule has 0 amide bonds. The molecule has 2 aliphatic carbocycles. The second-order valence-electron chi connectivity index (χ2n) is 25.1. The SMILES string of the molecule is c1ccc(N(c2ccc(-c3ccc(N(c4ccc(-c5ccc(N(c6ccccc6)c6ccc(C7c8ccccc8-c8ccccc87)cc6)cc5)cc4)c4ccc(-c5cccc6c5oc5ccccc56)cc4)cc3)cc2)c2ccc(C3c4ccccc4-c4ccccc43)cc2)cc1. The molecule has 0 N–H and O–H groups in total.